The highest BCUT2D eigenvalue weighted by Gasteiger charge is 2.41. The van der Waals surface area contributed by atoms with E-state index in [-0.39, 0.29) is 0 Å². The van der Waals surface area contributed by atoms with Crippen molar-refractivity contribution in [2.45, 2.75) is 37.3 Å². The number of hydrogen-bond donors (Lipinski definition) is 1. The molecule has 2 aliphatic rings. The number of allylic oxidation sites excluding steroid dienone is 1. The number of fused-ring (bicyclic) bond motifs is 2. The molecule has 0 saturated carbocycles. The lowest BCUT2D eigenvalue weighted by Crippen LogP contribution is -2.29. The van der Waals surface area contributed by atoms with E-state index >= 15 is 0 Å². The first-order valence-electron chi connectivity index (χ1n) is 10.2. The highest BCUT2D eigenvalue weighted by atomic mass is 19.2. The van der Waals surface area contributed by atoms with Gasteiger partial charge in [0, 0.05) is 40.4 Å². The first kappa shape index (κ1) is 20.8. The van der Waals surface area contributed by atoms with Crippen LogP contribution in [0.15, 0.2) is 41.4 Å². The van der Waals surface area contributed by atoms with Crippen molar-refractivity contribution in [3.63, 3.8) is 0 Å². The zero-order chi connectivity index (χ0) is 22.6. The number of aliphatic hydroxyl groups excluding tert-OH is 1. The molecule has 1 N–H and O–H groups in total. The maximum Gasteiger partial charge on any atom is 0.200 e. The molecule has 2 unspecified atom stereocenters. The number of nitrogens with zero attached hydrogens (tertiary/aromatic N) is 2. The fourth-order valence-electron chi connectivity index (χ4n) is 4.74. The molecule has 2 heterocycles. The van der Waals surface area contributed by atoms with Crippen molar-refractivity contribution in [3.05, 3.63) is 87.9 Å². The van der Waals surface area contributed by atoms with Gasteiger partial charge in [-0.3, -0.25) is 9.98 Å². The van der Waals surface area contributed by atoms with Gasteiger partial charge in [0.25, 0.3) is 0 Å². The minimum atomic E-state index is -2.20. The zero-order valence-corrected chi connectivity index (χ0v) is 16.7. The van der Waals surface area contributed by atoms with Gasteiger partial charge in [0.15, 0.2) is 23.3 Å². The van der Waals surface area contributed by atoms with Gasteiger partial charge in [-0.2, -0.15) is 0 Å². The second kappa shape index (κ2) is 7.48. The molecule has 32 heavy (non-hydrogen) atoms. The highest BCUT2D eigenvalue weighted by Crippen LogP contribution is 2.46. The summed E-state index contributed by atoms with van der Waals surface area (Å²) in [6.07, 6.45) is 4.81. The number of halogens is 5. The average molecular weight is 444 g/mol. The first-order valence-corrected chi connectivity index (χ1v) is 10.2. The van der Waals surface area contributed by atoms with Crippen LogP contribution in [0.4, 0.5) is 22.0 Å². The molecule has 2 atom stereocenters. The van der Waals surface area contributed by atoms with Crippen LogP contribution >= 0.6 is 0 Å². The van der Waals surface area contributed by atoms with Crippen LogP contribution in [0, 0.1) is 29.1 Å². The average Bonchev–Trinajstić information content (AvgIpc) is 3.27. The lowest BCUT2D eigenvalue weighted by Gasteiger charge is -2.33. The van der Waals surface area contributed by atoms with Crippen LogP contribution in [0.2, 0.25) is 0 Å². The minimum absolute atomic E-state index is 0.464. The van der Waals surface area contributed by atoms with Gasteiger partial charge in [-0.05, 0) is 31.4 Å². The molecule has 0 fully saturated rings. The van der Waals surface area contributed by atoms with E-state index in [1.165, 1.54) is 6.21 Å². The number of pyridine rings is 1. The normalized spacial score (nSPS) is 22.0. The van der Waals surface area contributed by atoms with Crippen molar-refractivity contribution in [3.8, 4) is 0 Å². The van der Waals surface area contributed by atoms with Gasteiger partial charge in [-0.15, -0.1) is 0 Å². The summed E-state index contributed by atoms with van der Waals surface area (Å²) in [6, 6.07) is 7.06. The van der Waals surface area contributed by atoms with Crippen molar-refractivity contribution < 1.29 is 27.1 Å². The standard InChI is InChI=1S/C24H17F5N2O/c25-19-13(20(26)22(28)23(29)21(19)27)11-24(9-4-10-30-24)18-12-5-1-2-6-14(12)31-15-7-3-8-16(32)17(15)18/h1-2,4-6,9-10,16,32H,3,7-8,11H2. The molecule has 0 saturated heterocycles. The summed E-state index contributed by atoms with van der Waals surface area (Å²) in [6.45, 7) is 0. The molecule has 0 radical (unpaired) electrons. The third-order valence-corrected chi connectivity index (χ3v) is 6.18. The van der Waals surface area contributed by atoms with Gasteiger partial charge in [0.2, 0.25) is 5.82 Å². The zero-order valence-electron chi connectivity index (χ0n) is 16.7. The molecule has 164 valence electrons. The Morgan fingerprint density at radius 3 is 2.34 bits per heavy atom. The van der Waals surface area contributed by atoms with E-state index < -0.39 is 52.7 Å². The predicted octanol–water partition coefficient (Wildman–Crippen LogP) is 5.38. The van der Waals surface area contributed by atoms with Gasteiger partial charge in [-0.25, -0.2) is 22.0 Å². The summed E-state index contributed by atoms with van der Waals surface area (Å²) < 4.78 is 70.7. The second-order valence-corrected chi connectivity index (χ2v) is 8.06. The maximum atomic E-state index is 14.6. The van der Waals surface area contributed by atoms with Crippen molar-refractivity contribution in [1.29, 1.82) is 0 Å². The third-order valence-electron chi connectivity index (χ3n) is 6.18. The summed E-state index contributed by atoms with van der Waals surface area (Å²) in [5, 5.41) is 11.4. The smallest absolute Gasteiger partial charge is 0.200 e. The lowest BCUT2D eigenvalue weighted by atomic mass is 9.76. The largest absolute Gasteiger partial charge is 0.388 e. The fourth-order valence-corrected chi connectivity index (χ4v) is 4.74. The van der Waals surface area contributed by atoms with E-state index in [0.29, 0.717) is 47.0 Å². The molecular formula is C24H17F5N2O. The van der Waals surface area contributed by atoms with Crippen LogP contribution in [-0.2, 0) is 18.4 Å². The molecule has 3 aromatic rings. The van der Waals surface area contributed by atoms with Crippen LogP contribution < -0.4 is 0 Å². The van der Waals surface area contributed by atoms with Gasteiger partial charge < -0.3 is 5.11 Å². The van der Waals surface area contributed by atoms with Crippen molar-refractivity contribution in [2.75, 3.05) is 0 Å². The topological polar surface area (TPSA) is 45.5 Å². The minimum Gasteiger partial charge on any atom is -0.388 e. The van der Waals surface area contributed by atoms with Gasteiger partial charge in [-0.1, -0.05) is 24.3 Å². The van der Waals surface area contributed by atoms with Crippen LogP contribution in [0.25, 0.3) is 10.9 Å². The number of aliphatic imine (C=N–C) groups is 1. The molecule has 5 rings (SSSR count). The Hall–Kier alpha value is -3.13. The monoisotopic (exact) mass is 444 g/mol. The molecule has 0 spiro atoms. The van der Waals surface area contributed by atoms with E-state index in [1.807, 2.05) is 0 Å². The Bertz CT molecular complexity index is 1280. The number of aliphatic hydroxyl groups is 1. The predicted molar refractivity (Wildman–Crippen MR) is 109 cm³/mol. The number of aromatic nitrogens is 1. The van der Waals surface area contributed by atoms with Crippen LogP contribution in [0.3, 0.4) is 0 Å². The molecule has 1 aliphatic heterocycles. The van der Waals surface area contributed by atoms with Crippen molar-refractivity contribution >= 4 is 17.1 Å². The van der Waals surface area contributed by atoms with Gasteiger partial charge >= 0.3 is 0 Å². The van der Waals surface area contributed by atoms with Crippen LogP contribution in [0.5, 0.6) is 0 Å². The number of aryl methyl sites for hydroxylation is 1. The Balaban J connectivity index is 1.82. The van der Waals surface area contributed by atoms with E-state index in [9.17, 15) is 27.1 Å². The SMILES string of the molecule is OC1CCCc2nc3ccccc3c(C3(Cc4c(F)c(F)c(F)c(F)c4F)C=CC=N3)c21. The molecule has 0 amide bonds. The second-order valence-electron chi connectivity index (χ2n) is 8.06. The van der Waals surface area contributed by atoms with E-state index in [0.717, 1.165) is 0 Å². The number of hydrogen-bond acceptors (Lipinski definition) is 3. The summed E-state index contributed by atoms with van der Waals surface area (Å²) in [4.78, 5) is 9.10. The molecular weight excluding hydrogens is 427 g/mol. The summed E-state index contributed by atoms with van der Waals surface area (Å²) in [5.74, 6) is -9.97. The van der Waals surface area contributed by atoms with Crippen molar-refractivity contribution in [1.82, 2.24) is 4.98 Å². The molecule has 0 bridgehead atoms. The Labute approximate surface area is 179 Å². The number of benzene rings is 2. The number of rotatable bonds is 3. The molecule has 8 heteroatoms. The highest BCUT2D eigenvalue weighted by molar-refractivity contribution is 5.87. The molecule has 3 nitrogen and oxygen atoms in total. The summed E-state index contributed by atoms with van der Waals surface area (Å²) in [7, 11) is 0. The molecule has 2 aromatic carbocycles. The molecule has 1 aromatic heterocycles. The lowest BCUT2D eigenvalue weighted by molar-refractivity contribution is 0.153. The van der Waals surface area contributed by atoms with Crippen LogP contribution in [-0.4, -0.2) is 16.3 Å². The summed E-state index contributed by atoms with van der Waals surface area (Å²) >= 11 is 0. The maximum absolute atomic E-state index is 14.6. The van der Waals surface area contributed by atoms with E-state index in [4.69, 9.17) is 0 Å². The third kappa shape index (κ3) is 2.97. The fraction of sp³-hybridized carbons (Fsp3) is 0.250. The van der Waals surface area contributed by atoms with E-state index in [1.54, 1.807) is 36.4 Å². The Morgan fingerprint density at radius 1 is 0.969 bits per heavy atom. The van der Waals surface area contributed by atoms with Gasteiger partial charge in [0.1, 0.15) is 5.54 Å². The first-order chi connectivity index (χ1) is 15.3. The van der Waals surface area contributed by atoms with Gasteiger partial charge in [0.05, 0.1) is 11.6 Å². The van der Waals surface area contributed by atoms with Crippen molar-refractivity contribution in [2.24, 2.45) is 4.99 Å². The van der Waals surface area contributed by atoms with Crippen LogP contribution in [0.1, 0.15) is 41.3 Å². The Morgan fingerprint density at radius 2 is 1.66 bits per heavy atom. The molecule has 1 aliphatic carbocycles. The summed E-state index contributed by atoms with van der Waals surface area (Å²) in [5.41, 5.74) is -0.206. The van der Waals surface area contributed by atoms with E-state index in [2.05, 4.69) is 9.98 Å². The quantitative estimate of drug-likeness (QED) is 0.335. The Kier molecular flexibility index (Phi) is 4.85. The number of para-hydroxylation sites is 1.